The largest absolute Gasteiger partial charge is 0.383 e. The Labute approximate surface area is 111 Å². The number of aromatic nitrogens is 4. The molecule has 0 saturated carbocycles. The van der Waals surface area contributed by atoms with Crippen LogP contribution >= 0.6 is 0 Å². The normalized spacial score (nSPS) is 11.6. The summed E-state index contributed by atoms with van der Waals surface area (Å²) in [6.45, 7) is 4.29. The molecule has 5 nitrogen and oxygen atoms in total. The summed E-state index contributed by atoms with van der Waals surface area (Å²) in [6, 6.07) is 6.61. The van der Waals surface area contributed by atoms with E-state index < -0.39 is 0 Å². The van der Waals surface area contributed by atoms with E-state index in [1.165, 1.54) is 0 Å². The number of imidazole rings is 1. The minimum atomic E-state index is 0.402. The number of aryl methyl sites for hydroxylation is 1. The van der Waals surface area contributed by atoms with Crippen LogP contribution in [0.4, 0.5) is 5.82 Å². The van der Waals surface area contributed by atoms with Gasteiger partial charge in [0.1, 0.15) is 5.82 Å². The van der Waals surface area contributed by atoms with Gasteiger partial charge in [0.2, 0.25) is 0 Å². The van der Waals surface area contributed by atoms with Gasteiger partial charge in [-0.25, -0.2) is 4.98 Å². The molecular weight excluding hydrogens is 238 g/mol. The summed E-state index contributed by atoms with van der Waals surface area (Å²) in [5.41, 5.74) is 10.1. The summed E-state index contributed by atoms with van der Waals surface area (Å²) >= 11 is 0. The van der Waals surface area contributed by atoms with Crippen LogP contribution in [0.25, 0.3) is 22.2 Å². The van der Waals surface area contributed by atoms with E-state index in [0.717, 1.165) is 22.2 Å². The minimum absolute atomic E-state index is 0.402. The highest BCUT2D eigenvalue weighted by Gasteiger charge is 2.10. The van der Waals surface area contributed by atoms with Gasteiger partial charge in [-0.2, -0.15) is 5.10 Å². The smallest absolute Gasteiger partial charge is 0.129 e. The van der Waals surface area contributed by atoms with Crippen molar-refractivity contribution < 1.29 is 0 Å². The van der Waals surface area contributed by atoms with Gasteiger partial charge >= 0.3 is 0 Å². The summed E-state index contributed by atoms with van der Waals surface area (Å²) in [5, 5.41) is 4.17. The first-order chi connectivity index (χ1) is 9.08. The van der Waals surface area contributed by atoms with Gasteiger partial charge < -0.3 is 10.3 Å². The molecule has 0 spiro atoms. The lowest BCUT2D eigenvalue weighted by atomic mass is 10.1. The third-order valence-electron chi connectivity index (χ3n) is 3.43. The number of anilines is 1. The summed E-state index contributed by atoms with van der Waals surface area (Å²) in [4.78, 5) is 4.46. The first-order valence-corrected chi connectivity index (χ1v) is 6.32. The summed E-state index contributed by atoms with van der Waals surface area (Å²) < 4.78 is 3.83. The average molecular weight is 255 g/mol. The highest BCUT2D eigenvalue weighted by molar-refractivity contribution is 5.84. The van der Waals surface area contributed by atoms with Crippen molar-refractivity contribution in [2.75, 3.05) is 5.73 Å². The van der Waals surface area contributed by atoms with E-state index in [-0.39, 0.29) is 0 Å². The molecule has 5 heteroatoms. The Bertz CT molecular complexity index is 735. The third kappa shape index (κ3) is 1.78. The van der Waals surface area contributed by atoms with Crippen molar-refractivity contribution in [3.05, 3.63) is 30.7 Å². The van der Waals surface area contributed by atoms with E-state index in [9.17, 15) is 0 Å². The number of nitrogens with two attached hydrogens (primary N) is 1. The van der Waals surface area contributed by atoms with Crippen LogP contribution in [0.2, 0.25) is 0 Å². The van der Waals surface area contributed by atoms with Crippen LogP contribution < -0.4 is 5.73 Å². The molecule has 0 aliphatic heterocycles. The monoisotopic (exact) mass is 255 g/mol. The van der Waals surface area contributed by atoms with Gasteiger partial charge in [-0.15, -0.1) is 0 Å². The number of benzene rings is 1. The first-order valence-electron chi connectivity index (χ1n) is 6.32. The zero-order chi connectivity index (χ0) is 13.6. The maximum Gasteiger partial charge on any atom is 0.129 e. The SMILES string of the molecule is CC(C)n1cnc2cc(-c3cnn(C)c3N)ccc21. The summed E-state index contributed by atoms with van der Waals surface area (Å²) in [7, 11) is 1.84. The van der Waals surface area contributed by atoms with Crippen molar-refractivity contribution in [2.45, 2.75) is 19.9 Å². The second kappa shape index (κ2) is 4.12. The van der Waals surface area contributed by atoms with Crippen molar-refractivity contribution in [1.82, 2.24) is 19.3 Å². The van der Waals surface area contributed by atoms with Crippen LogP contribution in [-0.2, 0) is 7.05 Å². The van der Waals surface area contributed by atoms with E-state index in [4.69, 9.17) is 5.73 Å². The summed E-state index contributed by atoms with van der Waals surface area (Å²) in [6.07, 6.45) is 3.67. The lowest BCUT2D eigenvalue weighted by molar-refractivity contribution is 0.617. The second-order valence-electron chi connectivity index (χ2n) is 5.02. The van der Waals surface area contributed by atoms with Gasteiger partial charge in [0.25, 0.3) is 0 Å². The number of nitrogens with zero attached hydrogens (tertiary/aromatic N) is 4. The third-order valence-corrected chi connectivity index (χ3v) is 3.43. The topological polar surface area (TPSA) is 61.7 Å². The Morgan fingerprint density at radius 3 is 2.68 bits per heavy atom. The molecule has 0 radical (unpaired) electrons. The quantitative estimate of drug-likeness (QED) is 0.765. The standard InChI is InChI=1S/C14H17N5/c1-9(2)19-8-16-12-6-10(4-5-13(12)19)11-7-17-18(3)14(11)15/h4-9H,15H2,1-3H3. The molecule has 98 valence electrons. The van der Waals surface area contributed by atoms with E-state index in [1.54, 1.807) is 10.9 Å². The molecule has 1 aromatic carbocycles. The van der Waals surface area contributed by atoms with Crippen molar-refractivity contribution in [2.24, 2.45) is 7.05 Å². The molecule has 2 N–H and O–H groups in total. The van der Waals surface area contributed by atoms with Crippen LogP contribution in [0.3, 0.4) is 0 Å². The van der Waals surface area contributed by atoms with Crippen LogP contribution in [0.5, 0.6) is 0 Å². The molecule has 2 aromatic heterocycles. The predicted molar refractivity (Wildman–Crippen MR) is 76.7 cm³/mol. The lowest BCUT2D eigenvalue weighted by Crippen LogP contribution is -1.98. The molecule has 0 fully saturated rings. The maximum absolute atomic E-state index is 6.01. The van der Waals surface area contributed by atoms with Crippen LogP contribution in [-0.4, -0.2) is 19.3 Å². The number of hydrogen-bond donors (Lipinski definition) is 1. The van der Waals surface area contributed by atoms with Crippen molar-refractivity contribution in [1.29, 1.82) is 0 Å². The first kappa shape index (κ1) is 11.8. The van der Waals surface area contributed by atoms with Gasteiger partial charge in [0, 0.05) is 18.7 Å². The van der Waals surface area contributed by atoms with Crippen LogP contribution in [0.1, 0.15) is 19.9 Å². The molecule has 19 heavy (non-hydrogen) atoms. The van der Waals surface area contributed by atoms with Gasteiger partial charge in [0.05, 0.1) is 23.6 Å². The molecule has 3 aromatic rings. The zero-order valence-corrected chi connectivity index (χ0v) is 11.3. The van der Waals surface area contributed by atoms with E-state index >= 15 is 0 Å². The molecule has 0 amide bonds. The molecule has 3 rings (SSSR count). The zero-order valence-electron chi connectivity index (χ0n) is 11.3. The van der Waals surface area contributed by atoms with E-state index in [0.29, 0.717) is 11.9 Å². The Morgan fingerprint density at radius 1 is 1.26 bits per heavy atom. The Hall–Kier alpha value is -2.30. The number of nitrogen functional groups attached to an aromatic ring is 1. The molecule has 0 aliphatic carbocycles. The molecule has 0 unspecified atom stereocenters. The molecule has 0 aliphatic rings. The highest BCUT2D eigenvalue weighted by Crippen LogP contribution is 2.28. The molecule has 0 atom stereocenters. The molecule has 2 heterocycles. The number of fused-ring (bicyclic) bond motifs is 1. The summed E-state index contributed by atoms with van der Waals surface area (Å²) in [5.74, 6) is 0.669. The second-order valence-corrected chi connectivity index (χ2v) is 5.02. The Balaban J connectivity index is 2.15. The number of rotatable bonds is 2. The van der Waals surface area contributed by atoms with Gasteiger partial charge in [-0.05, 0) is 31.5 Å². The fourth-order valence-corrected chi connectivity index (χ4v) is 2.28. The van der Waals surface area contributed by atoms with Crippen LogP contribution in [0, 0.1) is 0 Å². The Kier molecular flexibility index (Phi) is 2.55. The fraction of sp³-hybridized carbons (Fsp3) is 0.286. The van der Waals surface area contributed by atoms with Crippen molar-refractivity contribution in [3.63, 3.8) is 0 Å². The minimum Gasteiger partial charge on any atom is -0.383 e. The molecule has 0 saturated heterocycles. The van der Waals surface area contributed by atoms with Crippen LogP contribution in [0.15, 0.2) is 30.7 Å². The highest BCUT2D eigenvalue weighted by atomic mass is 15.3. The van der Waals surface area contributed by atoms with Crippen molar-refractivity contribution in [3.8, 4) is 11.1 Å². The maximum atomic E-state index is 6.01. The Morgan fingerprint density at radius 2 is 2.05 bits per heavy atom. The van der Waals surface area contributed by atoms with Crippen molar-refractivity contribution >= 4 is 16.9 Å². The fourth-order valence-electron chi connectivity index (χ4n) is 2.28. The molecular formula is C14H17N5. The number of hydrogen-bond acceptors (Lipinski definition) is 3. The van der Waals surface area contributed by atoms with E-state index in [1.807, 2.05) is 13.4 Å². The van der Waals surface area contributed by atoms with E-state index in [2.05, 4.69) is 46.7 Å². The predicted octanol–water partition coefficient (Wildman–Crippen LogP) is 2.60. The molecule has 0 bridgehead atoms. The van der Waals surface area contributed by atoms with Gasteiger partial charge in [0.15, 0.2) is 0 Å². The van der Waals surface area contributed by atoms with Gasteiger partial charge in [-0.1, -0.05) is 6.07 Å². The lowest BCUT2D eigenvalue weighted by Gasteiger charge is -2.08. The average Bonchev–Trinajstić information content (AvgIpc) is 2.94. The van der Waals surface area contributed by atoms with Gasteiger partial charge in [-0.3, -0.25) is 4.68 Å².